The summed E-state index contributed by atoms with van der Waals surface area (Å²) in [4.78, 5) is 42.6. The minimum Gasteiger partial charge on any atom is -0.341 e. The Labute approximate surface area is 152 Å². The zero-order valence-electron chi connectivity index (χ0n) is 14.9. The molecule has 0 N–H and O–H groups in total. The van der Waals surface area contributed by atoms with E-state index >= 15 is 0 Å². The van der Waals surface area contributed by atoms with Crippen molar-refractivity contribution in [1.82, 2.24) is 19.0 Å². The number of pyridine rings is 1. The van der Waals surface area contributed by atoms with Gasteiger partial charge in [-0.3, -0.25) is 18.7 Å². The summed E-state index contributed by atoms with van der Waals surface area (Å²) >= 11 is 0. The number of fused-ring (bicyclic) bond motifs is 1. The number of nitrogens with zero attached hydrogens (tertiary/aromatic N) is 4. The topological polar surface area (TPSA) is 77.2 Å². The predicted octanol–water partition coefficient (Wildman–Crippen LogP) is 1.37. The Morgan fingerprint density at radius 2 is 2.00 bits per heavy atom. The van der Waals surface area contributed by atoms with Crippen LogP contribution in [0.25, 0.3) is 11.0 Å². The molecule has 0 bridgehead atoms. The van der Waals surface area contributed by atoms with Crippen LogP contribution in [-0.2, 0) is 24.6 Å². The summed E-state index contributed by atoms with van der Waals surface area (Å²) in [5.74, 6) is -0.0242. The van der Waals surface area contributed by atoms with Crippen molar-refractivity contribution in [3.05, 3.63) is 38.7 Å². The third-order valence-corrected chi connectivity index (χ3v) is 4.78. The summed E-state index contributed by atoms with van der Waals surface area (Å²) in [5, 5.41) is -0.148. The highest BCUT2D eigenvalue weighted by molar-refractivity contribution is 5.77. The minimum absolute atomic E-state index is 0.148. The van der Waals surface area contributed by atoms with E-state index in [1.165, 1.54) is 7.05 Å². The van der Waals surface area contributed by atoms with Crippen molar-refractivity contribution in [2.75, 3.05) is 13.1 Å². The molecule has 1 aliphatic heterocycles. The Morgan fingerprint density at radius 1 is 1.30 bits per heavy atom. The Morgan fingerprint density at radius 3 is 2.63 bits per heavy atom. The van der Waals surface area contributed by atoms with E-state index in [0.717, 1.165) is 28.0 Å². The highest BCUT2D eigenvalue weighted by Gasteiger charge is 2.33. The van der Waals surface area contributed by atoms with Gasteiger partial charge in [0.15, 0.2) is 0 Å². The van der Waals surface area contributed by atoms with Crippen molar-refractivity contribution in [3.63, 3.8) is 0 Å². The fourth-order valence-corrected chi connectivity index (χ4v) is 3.32. The average Bonchev–Trinajstić information content (AvgIpc) is 2.62. The lowest BCUT2D eigenvalue weighted by Gasteiger charge is -2.31. The van der Waals surface area contributed by atoms with Gasteiger partial charge in [0.1, 0.15) is 17.9 Å². The molecule has 7 nitrogen and oxygen atoms in total. The molecule has 3 heterocycles. The summed E-state index contributed by atoms with van der Waals surface area (Å²) in [7, 11) is 1.22. The van der Waals surface area contributed by atoms with E-state index in [1.54, 1.807) is 4.90 Å². The van der Waals surface area contributed by atoms with Crippen molar-refractivity contribution in [1.29, 1.82) is 0 Å². The smallest absolute Gasteiger partial charge is 0.341 e. The first-order chi connectivity index (χ1) is 12.6. The second-order valence-corrected chi connectivity index (χ2v) is 6.89. The van der Waals surface area contributed by atoms with E-state index in [1.807, 2.05) is 6.92 Å². The van der Waals surface area contributed by atoms with Gasteiger partial charge in [0.2, 0.25) is 5.91 Å². The van der Waals surface area contributed by atoms with E-state index in [2.05, 4.69) is 4.98 Å². The van der Waals surface area contributed by atoms with Crippen LogP contribution in [0.3, 0.4) is 0 Å². The Balaban J connectivity index is 2.03. The van der Waals surface area contributed by atoms with Crippen LogP contribution < -0.4 is 11.2 Å². The van der Waals surface area contributed by atoms with Crippen LogP contribution in [-0.4, -0.2) is 38.0 Å². The molecule has 1 amide bonds. The second kappa shape index (κ2) is 6.82. The standard InChI is InChI=1S/C17H19F3N4O3/c1-10-4-3-7-23(8-10)13(25)9-24-15(26)11-5-6-12(17(18,19)20)21-14(11)22(2)16(24)27/h5-6,10H,3-4,7-9H2,1-2H3. The maximum Gasteiger partial charge on any atom is 0.433 e. The minimum atomic E-state index is -4.69. The molecular formula is C17H19F3N4O3. The van der Waals surface area contributed by atoms with Gasteiger partial charge in [0, 0.05) is 20.1 Å². The van der Waals surface area contributed by atoms with Gasteiger partial charge < -0.3 is 4.90 Å². The number of amides is 1. The van der Waals surface area contributed by atoms with Crippen LogP contribution in [0.1, 0.15) is 25.5 Å². The molecule has 1 atom stereocenters. The van der Waals surface area contributed by atoms with Crippen molar-refractivity contribution in [3.8, 4) is 0 Å². The van der Waals surface area contributed by atoms with E-state index in [4.69, 9.17) is 0 Å². The van der Waals surface area contributed by atoms with Gasteiger partial charge in [-0.15, -0.1) is 0 Å². The Hall–Kier alpha value is -2.65. The first-order valence-electron chi connectivity index (χ1n) is 8.55. The van der Waals surface area contributed by atoms with E-state index in [9.17, 15) is 27.6 Å². The zero-order valence-corrected chi connectivity index (χ0v) is 14.9. The van der Waals surface area contributed by atoms with Crippen LogP contribution in [0.4, 0.5) is 13.2 Å². The summed E-state index contributed by atoms with van der Waals surface area (Å²) in [6, 6.07) is 1.67. The molecule has 2 aromatic rings. The normalized spacial score (nSPS) is 18.1. The molecule has 3 rings (SSSR count). The molecule has 0 aromatic carbocycles. The molecule has 2 aromatic heterocycles. The Kier molecular flexibility index (Phi) is 4.83. The predicted molar refractivity (Wildman–Crippen MR) is 91.2 cm³/mol. The quantitative estimate of drug-likeness (QED) is 0.784. The SMILES string of the molecule is CC1CCCN(C(=O)Cn2c(=O)c3ccc(C(F)(F)F)nc3n(C)c2=O)C1. The summed E-state index contributed by atoms with van der Waals surface area (Å²) < 4.78 is 40.2. The summed E-state index contributed by atoms with van der Waals surface area (Å²) in [5.41, 5.74) is -3.26. The number of carbonyl (C=O) groups excluding carboxylic acids is 1. The first-order valence-corrected chi connectivity index (χ1v) is 8.55. The lowest BCUT2D eigenvalue weighted by molar-refractivity contribution is -0.141. The van der Waals surface area contributed by atoms with Crippen molar-refractivity contribution < 1.29 is 18.0 Å². The summed E-state index contributed by atoms with van der Waals surface area (Å²) in [6.07, 6.45) is -2.84. The number of carbonyl (C=O) groups is 1. The molecule has 1 aliphatic rings. The molecule has 1 saturated heterocycles. The number of rotatable bonds is 2. The maximum atomic E-state index is 12.9. The van der Waals surface area contributed by atoms with Crippen LogP contribution in [0.5, 0.6) is 0 Å². The van der Waals surface area contributed by atoms with Crippen molar-refractivity contribution in [2.45, 2.75) is 32.5 Å². The largest absolute Gasteiger partial charge is 0.433 e. The highest BCUT2D eigenvalue weighted by atomic mass is 19.4. The highest BCUT2D eigenvalue weighted by Crippen LogP contribution is 2.28. The second-order valence-electron chi connectivity index (χ2n) is 6.89. The lowest BCUT2D eigenvalue weighted by atomic mass is 10.0. The number of hydrogen-bond donors (Lipinski definition) is 0. The van der Waals surface area contributed by atoms with E-state index in [0.29, 0.717) is 25.1 Å². The van der Waals surface area contributed by atoms with E-state index < -0.39 is 29.7 Å². The zero-order chi connectivity index (χ0) is 19.9. The van der Waals surface area contributed by atoms with Gasteiger partial charge in [0.05, 0.1) is 5.39 Å². The molecule has 10 heteroatoms. The number of hydrogen-bond acceptors (Lipinski definition) is 4. The monoisotopic (exact) mass is 384 g/mol. The molecule has 0 aliphatic carbocycles. The van der Waals surface area contributed by atoms with Gasteiger partial charge in [-0.1, -0.05) is 6.92 Å². The molecular weight excluding hydrogens is 365 g/mol. The van der Waals surface area contributed by atoms with Crippen LogP contribution in [0.2, 0.25) is 0 Å². The average molecular weight is 384 g/mol. The molecule has 1 fully saturated rings. The maximum absolute atomic E-state index is 12.9. The number of piperidine rings is 1. The number of alkyl halides is 3. The van der Waals surface area contributed by atoms with Gasteiger partial charge in [-0.05, 0) is 30.9 Å². The fraction of sp³-hybridized carbons (Fsp3) is 0.529. The van der Waals surface area contributed by atoms with Gasteiger partial charge in [-0.25, -0.2) is 9.78 Å². The van der Waals surface area contributed by atoms with Crippen LogP contribution in [0, 0.1) is 5.92 Å². The van der Waals surface area contributed by atoms with Crippen LogP contribution >= 0.6 is 0 Å². The number of likely N-dealkylation sites (tertiary alicyclic amines) is 1. The van der Waals surface area contributed by atoms with Crippen LogP contribution in [0.15, 0.2) is 21.7 Å². The van der Waals surface area contributed by atoms with E-state index in [-0.39, 0.29) is 16.9 Å². The molecule has 0 radical (unpaired) electrons. The van der Waals surface area contributed by atoms with Gasteiger partial charge >= 0.3 is 11.9 Å². The number of aryl methyl sites for hydroxylation is 1. The molecule has 27 heavy (non-hydrogen) atoms. The molecule has 146 valence electrons. The molecule has 0 spiro atoms. The first kappa shape index (κ1) is 19.1. The lowest BCUT2D eigenvalue weighted by Crippen LogP contribution is -2.46. The van der Waals surface area contributed by atoms with Gasteiger partial charge in [-0.2, -0.15) is 13.2 Å². The third kappa shape index (κ3) is 3.60. The fourth-order valence-electron chi connectivity index (χ4n) is 3.32. The number of halogens is 3. The summed E-state index contributed by atoms with van der Waals surface area (Å²) in [6.45, 7) is 2.68. The third-order valence-electron chi connectivity index (χ3n) is 4.78. The van der Waals surface area contributed by atoms with Crippen molar-refractivity contribution in [2.24, 2.45) is 13.0 Å². The van der Waals surface area contributed by atoms with Gasteiger partial charge in [0.25, 0.3) is 5.56 Å². The van der Waals surface area contributed by atoms with Crippen molar-refractivity contribution >= 4 is 16.9 Å². The molecule has 1 unspecified atom stereocenters. The molecule has 0 saturated carbocycles. The Bertz CT molecular complexity index is 1010. The number of aromatic nitrogens is 3.